The van der Waals surface area contributed by atoms with Gasteiger partial charge in [-0.3, -0.25) is 0 Å². The molecule has 0 atom stereocenters. The summed E-state index contributed by atoms with van der Waals surface area (Å²) in [5.41, 5.74) is -1.48. The Morgan fingerprint density at radius 2 is 1.27 bits per heavy atom. The minimum Gasteiger partial charge on any atom is -0.225 e. The second kappa shape index (κ2) is 11.1. The molecule has 37 heavy (non-hydrogen) atoms. The van der Waals surface area contributed by atoms with Crippen molar-refractivity contribution in [2.45, 2.75) is 16.0 Å². The highest BCUT2D eigenvalue weighted by Gasteiger charge is 2.40. The van der Waals surface area contributed by atoms with E-state index in [1.165, 1.54) is 60.7 Å². The van der Waals surface area contributed by atoms with Crippen LogP contribution in [-0.2, 0) is 26.2 Å². The number of nitrogens with two attached hydrogens (primary N) is 1. The van der Waals surface area contributed by atoms with Crippen molar-refractivity contribution in [3.8, 4) is 11.3 Å². The van der Waals surface area contributed by atoms with E-state index >= 15 is 0 Å². The molecule has 196 valence electrons. The van der Waals surface area contributed by atoms with Crippen LogP contribution in [0.4, 0.5) is 13.2 Å². The highest BCUT2D eigenvalue weighted by atomic mass is 35.5. The van der Waals surface area contributed by atoms with Gasteiger partial charge in [-0.2, -0.15) is 31.2 Å². The SMILES string of the molecule is NS(=O)(=O)c1ccccc1.O=S(=O)(Nn1nc(C(F)(F)F)c(Cl)c1-c1ccc(Cl)cc1)c1ccccc1. The molecule has 0 aliphatic heterocycles. The predicted octanol–water partition coefficient (Wildman–Crippen LogP) is 5.14. The lowest BCUT2D eigenvalue weighted by Crippen LogP contribution is -2.25. The molecule has 1 aromatic heterocycles. The van der Waals surface area contributed by atoms with E-state index in [9.17, 15) is 30.0 Å². The summed E-state index contributed by atoms with van der Waals surface area (Å²) < 4.78 is 85.9. The molecule has 3 N–H and O–H groups in total. The number of hydrogen-bond donors (Lipinski definition) is 2. The van der Waals surface area contributed by atoms with Crippen LogP contribution in [-0.4, -0.2) is 26.7 Å². The van der Waals surface area contributed by atoms with E-state index in [2.05, 4.69) is 5.10 Å². The Bertz CT molecular complexity index is 1580. The third kappa shape index (κ3) is 7.23. The van der Waals surface area contributed by atoms with Gasteiger partial charge in [-0.25, -0.2) is 13.6 Å². The molecule has 0 aliphatic rings. The first-order chi connectivity index (χ1) is 17.2. The molecule has 0 spiro atoms. The van der Waals surface area contributed by atoms with E-state index < -0.39 is 36.9 Å². The van der Waals surface area contributed by atoms with Crippen molar-refractivity contribution in [2.75, 3.05) is 4.83 Å². The van der Waals surface area contributed by atoms with Gasteiger partial charge >= 0.3 is 6.18 Å². The molecule has 0 aliphatic carbocycles. The summed E-state index contributed by atoms with van der Waals surface area (Å²) in [7, 11) is -7.71. The third-order valence-corrected chi connectivity index (χ3v) is 7.39. The minimum atomic E-state index is -4.87. The summed E-state index contributed by atoms with van der Waals surface area (Å²) in [6.07, 6.45) is -4.87. The van der Waals surface area contributed by atoms with Crippen LogP contribution in [0.15, 0.2) is 94.7 Å². The Balaban J connectivity index is 0.000000319. The number of hydrogen-bond acceptors (Lipinski definition) is 5. The molecule has 0 saturated heterocycles. The number of nitrogens with zero attached hydrogens (tertiary/aromatic N) is 2. The second-order valence-electron chi connectivity index (χ2n) is 7.19. The Morgan fingerprint density at radius 1 is 0.784 bits per heavy atom. The number of sulfonamides is 2. The van der Waals surface area contributed by atoms with Crippen molar-refractivity contribution < 1.29 is 30.0 Å². The van der Waals surface area contributed by atoms with Gasteiger partial charge in [-0.05, 0) is 36.4 Å². The molecule has 0 bridgehead atoms. The van der Waals surface area contributed by atoms with Crippen LogP contribution in [0.5, 0.6) is 0 Å². The number of primary sulfonamides is 1. The molecule has 1 heterocycles. The molecule has 3 aromatic carbocycles. The Labute approximate surface area is 220 Å². The Morgan fingerprint density at radius 3 is 1.70 bits per heavy atom. The first-order valence-electron chi connectivity index (χ1n) is 9.97. The minimum absolute atomic E-state index is 0.146. The maximum absolute atomic E-state index is 13.2. The monoisotopic (exact) mass is 592 g/mol. The van der Waals surface area contributed by atoms with Gasteiger partial charge < -0.3 is 0 Å². The summed E-state index contributed by atoms with van der Waals surface area (Å²) in [6.45, 7) is 0. The van der Waals surface area contributed by atoms with Gasteiger partial charge in [0.15, 0.2) is 5.69 Å². The van der Waals surface area contributed by atoms with Gasteiger partial charge in [0.2, 0.25) is 10.0 Å². The van der Waals surface area contributed by atoms with Crippen molar-refractivity contribution in [3.63, 3.8) is 0 Å². The summed E-state index contributed by atoms with van der Waals surface area (Å²) >= 11 is 11.7. The van der Waals surface area contributed by atoms with Gasteiger partial charge in [0.1, 0.15) is 10.7 Å². The molecule has 0 saturated carbocycles. The number of benzene rings is 3. The largest absolute Gasteiger partial charge is 0.436 e. The molecule has 0 radical (unpaired) electrons. The molecule has 8 nitrogen and oxygen atoms in total. The van der Waals surface area contributed by atoms with Crippen LogP contribution >= 0.6 is 23.2 Å². The van der Waals surface area contributed by atoms with E-state index in [0.29, 0.717) is 9.81 Å². The molecule has 0 amide bonds. The normalized spacial score (nSPS) is 11.9. The lowest BCUT2D eigenvalue weighted by atomic mass is 10.1. The topological polar surface area (TPSA) is 124 Å². The number of nitrogens with one attached hydrogen (secondary N) is 1. The zero-order valence-corrected chi connectivity index (χ0v) is 21.5. The van der Waals surface area contributed by atoms with Gasteiger partial charge in [0.25, 0.3) is 10.0 Å². The van der Waals surface area contributed by atoms with Crippen molar-refractivity contribution in [1.82, 2.24) is 9.89 Å². The van der Waals surface area contributed by atoms with Gasteiger partial charge in [-0.1, -0.05) is 71.7 Å². The molecular weight excluding hydrogens is 576 g/mol. The van der Waals surface area contributed by atoms with Crippen LogP contribution in [0.3, 0.4) is 0 Å². The highest BCUT2D eigenvalue weighted by Crippen LogP contribution is 2.39. The first-order valence-corrected chi connectivity index (χ1v) is 13.8. The zero-order valence-electron chi connectivity index (χ0n) is 18.4. The zero-order chi connectivity index (χ0) is 27.4. The van der Waals surface area contributed by atoms with Crippen molar-refractivity contribution in [3.05, 3.63) is 101 Å². The van der Waals surface area contributed by atoms with Crippen LogP contribution in [0.1, 0.15) is 5.69 Å². The smallest absolute Gasteiger partial charge is 0.225 e. The van der Waals surface area contributed by atoms with E-state index in [1.54, 1.807) is 24.3 Å². The fraction of sp³-hybridized carbons (Fsp3) is 0.0455. The average Bonchev–Trinajstić information content (AvgIpc) is 3.16. The predicted molar refractivity (Wildman–Crippen MR) is 133 cm³/mol. The molecule has 0 fully saturated rings. The van der Waals surface area contributed by atoms with E-state index in [0.717, 1.165) is 0 Å². The summed E-state index contributed by atoms with van der Waals surface area (Å²) in [5.74, 6) is 0. The maximum Gasteiger partial charge on any atom is 0.436 e. The average molecular weight is 593 g/mol. The molecule has 0 unspecified atom stereocenters. The number of halogens is 5. The Kier molecular flexibility index (Phi) is 8.55. The maximum atomic E-state index is 13.2. The number of rotatable bonds is 5. The summed E-state index contributed by atoms with van der Waals surface area (Å²) in [6, 6.07) is 20.7. The first kappa shape index (κ1) is 28.5. The van der Waals surface area contributed by atoms with Gasteiger partial charge in [0, 0.05) is 10.6 Å². The molecular formula is C22H17Cl2F3N4O4S2. The summed E-state index contributed by atoms with van der Waals surface area (Å²) in [4.78, 5) is 2.51. The van der Waals surface area contributed by atoms with Crippen molar-refractivity contribution >= 4 is 43.2 Å². The Hall–Kier alpha value is -3.10. The van der Waals surface area contributed by atoms with Crippen molar-refractivity contribution in [2.24, 2.45) is 5.14 Å². The van der Waals surface area contributed by atoms with Crippen LogP contribution < -0.4 is 9.97 Å². The molecule has 4 rings (SSSR count). The lowest BCUT2D eigenvalue weighted by molar-refractivity contribution is -0.141. The standard InChI is InChI=1S/C16H10Cl2F3N3O2S.C6H7NO2S/c17-11-8-6-10(7-9-11)14-13(18)15(16(19,20)21)22-24(14)23-27(25,26)12-4-2-1-3-5-12;7-10(8,9)6-4-2-1-3-5-6/h1-9,23H;1-5H,(H2,7,8,9). The number of aromatic nitrogens is 2. The fourth-order valence-electron chi connectivity index (χ4n) is 2.88. The van der Waals surface area contributed by atoms with Crippen LogP contribution in [0, 0.1) is 0 Å². The second-order valence-corrected chi connectivity index (χ2v) is 11.2. The fourth-order valence-corrected chi connectivity index (χ4v) is 4.86. The quantitative estimate of drug-likeness (QED) is 0.332. The van der Waals surface area contributed by atoms with Crippen molar-refractivity contribution in [1.29, 1.82) is 0 Å². The van der Waals surface area contributed by atoms with E-state index in [1.807, 2.05) is 4.83 Å². The van der Waals surface area contributed by atoms with E-state index in [-0.39, 0.29) is 21.0 Å². The highest BCUT2D eigenvalue weighted by molar-refractivity contribution is 7.92. The van der Waals surface area contributed by atoms with E-state index in [4.69, 9.17) is 28.3 Å². The van der Waals surface area contributed by atoms with Crippen LogP contribution in [0.2, 0.25) is 10.0 Å². The number of alkyl halides is 3. The molecule has 15 heteroatoms. The molecule has 4 aromatic rings. The van der Waals surface area contributed by atoms with Gasteiger partial charge in [0.05, 0.1) is 9.79 Å². The lowest BCUT2D eigenvalue weighted by Gasteiger charge is -2.11. The van der Waals surface area contributed by atoms with Gasteiger partial charge in [-0.15, -0.1) is 5.10 Å². The summed E-state index contributed by atoms with van der Waals surface area (Å²) in [5, 5.41) is 7.77. The third-order valence-electron chi connectivity index (χ3n) is 4.55. The van der Waals surface area contributed by atoms with Crippen LogP contribution in [0.25, 0.3) is 11.3 Å².